The van der Waals surface area contributed by atoms with Crippen molar-refractivity contribution < 1.29 is 9.90 Å². The van der Waals surface area contributed by atoms with Crippen molar-refractivity contribution in [1.29, 1.82) is 0 Å². The molecule has 0 aliphatic rings. The number of carboxylic acid groups (broad SMARTS) is 1. The van der Waals surface area contributed by atoms with Gasteiger partial charge in [0.2, 0.25) is 0 Å². The molecule has 0 saturated carbocycles. The van der Waals surface area contributed by atoms with Gasteiger partial charge in [-0.05, 0) is 49.6 Å². The zero-order chi connectivity index (χ0) is 13.3. The summed E-state index contributed by atoms with van der Waals surface area (Å²) < 4.78 is 0. The van der Waals surface area contributed by atoms with Gasteiger partial charge in [-0.15, -0.1) is 0 Å². The molecule has 2 rings (SSSR count). The van der Waals surface area contributed by atoms with E-state index in [1.54, 1.807) is 0 Å². The Kier molecular flexibility index (Phi) is 3.15. The lowest BCUT2D eigenvalue weighted by molar-refractivity contribution is -0.131. The van der Waals surface area contributed by atoms with Gasteiger partial charge in [0, 0.05) is 11.5 Å². The van der Waals surface area contributed by atoms with Crippen molar-refractivity contribution in [2.45, 2.75) is 20.8 Å². The van der Waals surface area contributed by atoms with Gasteiger partial charge in [-0.1, -0.05) is 12.1 Å². The largest absolute Gasteiger partial charge is 0.478 e. The second kappa shape index (κ2) is 4.61. The highest BCUT2D eigenvalue weighted by Gasteiger charge is 2.05. The average molecular weight is 241 g/mol. The molecule has 0 saturated heterocycles. The summed E-state index contributed by atoms with van der Waals surface area (Å²) in [5.74, 6) is -0.962. The molecule has 1 aromatic carbocycles. The van der Waals surface area contributed by atoms with E-state index in [2.05, 4.69) is 17.1 Å². The van der Waals surface area contributed by atoms with E-state index < -0.39 is 5.97 Å². The summed E-state index contributed by atoms with van der Waals surface area (Å²) in [7, 11) is 0. The van der Waals surface area contributed by atoms with Crippen LogP contribution in [0.3, 0.4) is 0 Å². The lowest BCUT2D eigenvalue weighted by Crippen LogP contribution is -1.93. The molecule has 92 valence electrons. The van der Waals surface area contributed by atoms with Crippen LogP contribution >= 0.6 is 0 Å². The first kappa shape index (κ1) is 12.3. The first-order valence-electron chi connectivity index (χ1n) is 5.77. The monoisotopic (exact) mass is 241 g/mol. The van der Waals surface area contributed by atoms with Crippen molar-refractivity contribution in [2.24, 2.45) is 0 Å². The molecule has 0 aliphatic heterocycles. The van der Waals surface area contributed by atoms with Gasteiger partial charge in [0.05, 0.1) is 11.2 Å². The minimum Gasteiger partial charge on any atom is -0.478 e. The molecule has 1 heterocycles. The molecule has 3 heteroatoms. The zero-order valence-corrected chi connectivity index (χ0v) is 10.7. The topological polar surface area (TPSA) is 50.2 Å². The summed E-state index contributed by atoms with van der Waals surface area (Å²) in [5, 5.41) is 9.76. The maximum Gasteiger partial charge on any atom is 0.328 e. The first-order valence-corrected chi connectivity index (χ1v) is 5.77. The van der Waals surface area contributed by atoms with E-state index >= 15 is 0 Å². The highest BCUT2D eigenvalue weighted by molar-refractivity contribution is 5.89. The normalized spacial score (nSPS) is 11.3. The van der Waals surface area contributed by atoms with Crippen LogP contribution in [0.5, 0.6) is 0 Å². The fraction of sp³-hybridized carbons (Fsp3) is 0.200. The Morgan fingerprint density at radius 3 is 2.61 bits per heavy atom. The predicted octanol–water partition coefficient (Wildman–Crippen LogP) is 3.26. The summed E-state index contributed by atoms with van der Waals surface area (Å²) in [6.45, 7) is 6.09. The van der Waals surface area contributed by atoms with Crippen LogP contribution in [0.4, 0.5) is 0 Å². The molecule has 0 spiro atoms. The molecule has 0 unspecified atom stereocenters. The molecule has 0 fully saturated rings. The summed E-state index contributed by atoms with van der Waals surface area (Å²) in [6.07, 6.45) is 2.63. The fourth-order valence-corrected chi connectivity index (χ4v) is 1.97. The minimum absolute atomic E-state index is 0.677. The number of pyridine rings is 1. The lowest BCUT2D eigenvalue weighted by Gasteiger charge is -2.08. The molecule has 2 aromatic rings. The number of aryl methyl sites for hydroxylation is 3. The second-order valence-electron chi connectivity index (χ2n) is 4.44. The molecule has 1 N–H and O–H groups in total. The number of carboxylic acids is 1. The number of benzene rings is 1. The van der Waals surface area contributed by atoms with E-state index in [0.717, 1.165) is 28.1 Å². The van der Waals surface area contributed by atoms with E-state index in [0.29, 0.717) is 5.69 Å². The summed E-state index contributed by atoms with van der Waals surface area (Å²) in [6, 6.07) is 6.04. The summed E-state index contributed by atoms with van der Waals surface area (Å²) in [5.41, 5.74) is 5.05. The van der Waals surface area contributed by atoms with Gasteiger partial charge in [-0.2, -0.15) is 0 Å². The zero-order valence-electron chi connectivity index (χ0n) is 10.7. The Labute approximate surface area is 106 Å². The van der Waals surface area contributed by atoms with Gasteiger partial charge in [0.15, 0.2) is 0 Å². The molecule has 1 aromatic heterocycles. The predicted molar refractivity (Wildman–Crippen MR) is 72.6 cm³/mol. The Bertz CT molecular complexity index is 657. The van der Waals surface area contributed by atoms with Crippen LogP contribution in [0.2, 0.25) is 0 Å². The molecule has 0 atom stereocenters. The van der Waals surface area contributed by atoms with Gasteiger partial charge in [0.1, 0.15) is 0 Å². The van der Waals surface area contributed by atoms with Crippen molar-refractivity contribution >= 4 is 22.9 Å². The van der Waals surface area contributed by atoms with Gasteiger partial charge in [0.25, 0.3) is 0 Å². The molecule has 18 heavy (non-hydrogen) atoms. The number of hydrogen-bond donors (Lipinski definition) is 1. The highest BCUT2D eigenvalue weighted by atomic mass is 16.4. The van der Waals surface area contributed by atoms with Gasteiger partial charge in [-0.3, -0.25) is 0 Å². The molecule has 0 radical (unpaired) electrons. The van der Waals surface area contributed by atoms with E-state index in [4.69, 9.17) is 5.11 Å². The summed E-state index contributed by atoms with van der Waals surface area (Å²) in [4.78, 5) is 15.0. The lowest BCUT2D eigenvalue weighted by atomic mass is 10.0. The SMILES string of the molecule is Cc1ccc2c(C)cc(/C=C/C(=O)O)nc2c1C. The number of rotatable bonds is 2. The number of fused-ring (bicyclic) bond motifs is 1. The van der Waals surface area contributed by atoms with Crippen LogP contribution in [-0.4, -0.2) is 16.1 Å². The minimum atomic E-state index is -0.962. The first-order chi connectivity index (χ1) is 8.49. The molecule has 0 aliphatic carbocycles. The molecular weight excluding hydrogens is 226 g/mol. The van der Waals surface area contributed by atoms with Gasteiger partial charge >= 0.3 is 5.97 Å². The Balaban J connectivity index is 2.67. The molecule has 3 nitrogen and oxygen atoms in total. The molecule has 0 amide bonds. The van der Waals surface area contributed by atoms with Crippen molar-refractivity contribution in [3.05, 3.63) is 46.7 Å². The number of aromatic nitrogens is 1. The standard InChI is InChI=1S/C15H15NO2/c1-9-4-6-13-10(2)8-12(5-7-14(17)18)16-15(13)11(9)3/h4-8H,1-3H3,(H,17,18)/b7-5+. The number of carbonyl (C=O) groups is 1. The van der Waals surface area contributed by atoms with Gasteiger partial charge < -0.3 is 5.11 Å². The van der Waals surface area contributed by atoms with Crippen molar-refractivity contribution in [1.82, 2.24) is 4.98 Å². The van der Waals surface area contributed by atoms with Crippen molar-refractivity contribution in [2.75, 3.05) is 0 Å². The van der Waals surface area contributed by atoms with Crippen LogP contribution in [-0.2, 0) is 4.79 Å². The van der Waals surface area contributed by atoms with E-state index in [1.807, 2.05) is 26.8 Å². The van der Waals surface area contributed by atoms with E-state index in [9.17, 15) is 4.79 Å². The Morgan fingerprint density at radius 2 is 1.94 bits per heavy atom. The van der Waals surface area contributed by atoms with Crippen molar-refractivity contribution in [3.63, 3.8) is 0 Å². The van der Waals surface area contributed by atoms with E-state index in [1.165, 1.54) is 11.6 Å². The number of nitrogens with zero attached hydrogens (tertiary/aromatic N) is 1. The van der Waals surface area contributed by atoms with Crippen LogP contribution in [0, 0.1) is 20.8 Å². The summed E-state index contributed by atoms with van der Waals surface area (Å²) >= 11 is 0. The van der Waals surface area contributed by atoms with Crippen LogP contribution in [0.25, 0.3) is 17.0 Å². The Hall–Kier alpha value is -2.16. The molecular formula is C15H15NO2. The smallest absolute Gasteiger partial charge is 0.328 e. The number of hydrogen-bond acceptors (Lipinski definition) is 2. The van der Waals surface area contributed by atoms with Gasteiger partial charge in [-0.25, -0.2) is 9.78 Å². The number of aliphatic carboxylic acids is 1. The third kappa shape index (κ3) is 2.25. The Morgan fingerprint density at radius 1 is 1.22 bits per heavy atom. The maximum absolute atomic E-state index is 10.5. The highest BCUT2D eigenvalue weighted by Crippen LogP contribution is 2.23. The van der Waals surface area contributed by atoms with Crippen LogP contribution in [0.15, 0.2) is 24.3 Å². The van der Waals surface area contributed by atoms with Crippen LogP contribution in [0.1, 0.15) is 22.4 Å². The third-order valence-corrected chi connectivity index (χ3v) is 3.13. The van der Waals surface area contributed by atoms with Crippen molar-refractivity contribution in [3.8, 4) is 0 Å². The molecule has 0 bridgehead atoms. The maximum atomic E-state index is 10.5. The quantitative estimate of drug-likeness (QED) is 0.821. The third-order valence-electron chi connectivity index (χ3n) is 3.13. The fourth-order valence-electron chi connectivity index (χ4n) is 1.97. The van der Waals surface area contributed by atoms with E-state index in [-0.39, 0.29) is 0 Å². The average Bonchev–Trinajstić information content (AvgIpc) is 2.32. The second-order valence-corrected chi connectivity index (χ2v) is 4.44. The van der Waals surface area contributed by atoms with Crippen LogP contribution < -0.4 is 0 Å².